The van der Waals surface area contributed by atoms with Crippen molar-refractivity contribution in [3.05, 3.63) is 29.8 Å². The first-order valence-electron chi connectivity index (χ1n) is 5.28. The van der Waals surface area contributed by atoms with E-state index in [9.17, 15) is 5.11 Å². The lowest BCUT2D eigenvalue weighted by molar-refractivity contribution is 0.226. The average Bonchev–Trinajstić information content (AvgIpc) is 2.71. The maximum atomic E-state index is 9.46. The van der Waals surface area contributed by atoms with Gasteiger partial charge in [-0.3, -0.25) is 0 Å². The van der Waals surface area contributed by atoms with E-state index in [0.717, 1.165) is 23.6 Å². The van der Waals surface area contributed by atoms with E-state index in [1.54, 1.807) is 0 Å². The molecule has 3 heteroatoms. The van der Waals surface area contributed by atoms with Crippen LogP contribution in [-0.4, -0.2) is 28.8 Å². The molecule has 15 heavy (non-hydrogen) atoms. The second-order valence-corrected chi connectivity index (χ2v) is 5.34. The summed E-state index contributed by atoms with van der Waals surface area (Å²) in [6, 6.07) is 8.34. The topological polar surface area (TPSA) is 32.3 Å². The summed E-state index contributed by atoms with van der Waals surface area (Å²) < 4.78 is 0. The van der Waals surface area contributed by atoms with Gasteiger partial charge in [0.25, 0.3) is 0 Å². The molecule has 1 unspecified atom stereocenters. The number of hydrogen-bond acceptors (Lipinski definition) is 3. The first kappa shape index (κ1) is 10.8. The van der Waals surface area contributed by atoms with Gasteiger partial charge in [0.15, 0.2) is 0 Å². The van der Waals surface area contributed by atoms with Crippen LogP contribution in [0.3, 0.4) is 0 Å². The van der Waals surface area contributed by atoms with E-state index >= 15 is 0 Å². The number of thioether (sulfide) groups is 1. The summed E-state index contributed by atoms with van der Waals surface area (Å²) in [7, 11) is 0. The molecule has 2 rings (SSSR count). The van der Waals surface area contributed by atoms with E-state index in [-0.39, 0.29) is 12.1 Å². The SMILES string of the molecule is Cc1ccc(NC2(CO)CCSC2)cc1. The third kappa shape index (κ3) is 2.47. The highest BCUT2D eigenvalue weighted by Crippen LogP contribution is 2.31. The monoisotopic (exact) mass is 223 g/mol. The lowest BCUT2D eigenvalue weighted by atomic mass is 9.99. The van der Waals surface area contributed by atoms with E-state index < -0.39 is 0 Å². The van der Waals surface area contributed by atoms with Crippen LogP contribution in [0.5, 0.6) is 0 Å². The van der Waals surface area contributed by atoms with Crippen LogP contribution >= 0.6 is 11.8 Å². The van der Waals surface area contributed by atoms with Crippen molar-refractivity contribution in [2.24, 2.45) is 0 Å². The Morgan fingerprint density at radius 1 is 1.40 bits per heavy atom. The molecule has 1 saturated heterocycles. The van der Waals surface area contributed by atoms with Gasteiger partial charge in [-0.15, -0.1) is 0 Å². The van der Waals surface area contributed by atoms with Gasteiger partial charge in [-0.1, -0.05) is 17.7 Å². The molecule has 1 aromatic rings. The van der Waals surface area contributed by atoms with Crippen LogP contribution in [0.2, 0.25) is 0 Å². The van der Waals surface area contributed by atoms with Crippen molar-refractivity contribution in [3.8, 4) is 0 Å². The fourth-order valence-electron chi connectivity index (χ4n) is 1.81. The minimum absolute atomic E-state index is 0.0973. The zero-order chi connectivity index (χ0) is 10.7. The first-order chi connectivity index (χ1) is 7.24. The smallest absolute Gasteiger partial charge is 0.0701 e. The quantitative estimate of drug-likeness (QED) is 0.824. The predicted octanol–water partition coefficient (Wildman–Crippen LogP) is 2.27. The molecule has 0 amide bonds. The Kier molecular flexibility index (Phi) is 3.22. The van der Waals surface area contributed by atoms with E-state index in [1.807, 2.05) is 11.8 Å². The largest absolute Gasteiger partial charge is 0.394 e. The Bertz CT molecular complexity index is 317. The van der Waals surface area contributed by atoms with E-state index in [2.05, 4.69) is 36.5 Å². The van der Waals surface area contributed by atoms with Crippen LogP contribution in [0.15, 0.2) is 24.3 Å². The Morgan fingerprint density at radius 3 is 2.67 bits per heavy atom. The zero-order valence-corrected chi connectivity index (χ0v) is 9.81. The summed E-state index contributed by atoms with van der Waals surface area (Å²) in [6.07, 6.45) is 1.04. The molecule has 0 saturated carbocycles. The standard InChI is InChI=1S/C12H17NOS/c1-10-2-4-11(5-3-10)13-12(8-14)6-7-15-9-12/h2-5,13-14H,6-9H2,1H3. The highest BCUT2D eigenvalue weighted by molar-refractivity contribution is 7.99. The molecular formula is C12H17NOS. The van der Waals surface area contributed by atoms with Crippen molar-refractivity contribution in [2.75, 3.05) is 23.4 Å². The normalized spacial score (nSPS) is 25.5. The predicted molar refractivity (Wildman–Crippen MR) is 66.6 cm³/mol. The number of benzene rings is 1. The summed E-state index contributed by atoms with van der Waals surface area (Å²) in [5, 5.41) is 12.9. The zero-order valence-electron chi connectivity index (χ0n) is 8.99. The first-order valence-corrected chi connectivity index (χ1v) is 6.43. The Morgan fingerprint density at radius 2 is 2.13 bits per heavy atom. The van der Waals surface area contributed by atoms with E-state index in [1.165, 1.54) is 5.56 Å². The molecule has 1 aliphatic heterocycles. The van der Waals surface area contributed by atoms with Gasteiger partial charge in [-0.2, -0.15) is 11.8 Å². The maximum Gasteiger partial charge on any atom is 0.0701 e. The second kappa shape index (κ2) is 4.45. The summed E-state index contributed by atoms with van der Waals surface area (Å²) >= 11 is 1.91. The number of anilines is 1. The molecule has 0 bridgehead atoms. The number of nitrogens with one attached hydrogen (secondary N) is 1. The fourth-order valence-corrected chi connectivity index (χ4v) is 3.19. The van der Waals surface area contributed by atoms with Gasteiger partial charge < -0.3 is 10.4 Å². The number of hydrogen-bond donors (Lipinski definition) is 2. The van der Waals surface area contributed by atoms with Crippen LogP contribution in [0.4, 0.5) is 5.69 Å². The Labute approximate surface area is 95.1 Å². The third-order valence-corrected chi connectivity index (χ3v) is 4.12. The maximum absolute atomic E-state index is 9.46. The Hall–Kier alpha value is -0.670. The van der Waals surface area contributed by atoms with Gasteiger partial charge in [0.2, 0.25) is 0 Å². The summed E-state index contributed by atoms with van der Waals surface area (Å²) in [4.78, 5) is 0. The van der Waals surface area contributed by atoms with Crippen molar-refractivity contribution in [1.82, 2.24) is 0 Å². The average molecular weight is 223 g/mol. The van der Waals surface area contributed by atoms with Crippen molar-refractivity contribution >= 4 is 17.4 Å². The van der Waals surface area contributed by atoms with Gasteiger partial charge in [0.1, 0.15) is 0 Å². The van der Waals surface area contributed by atoms with Crippen LogP contribution < -0.4 is 5.32 Å². The molecule has 0 aliphatic carbocycles. The number of aliphatic hydroxyl groups excluding tert-OH is 1. The van der Waals surface area contributed by atoms with E-state index in [0.29, 0.717) is 0 Å². The summed E-state index contributed by atoms with van der Waals surface area (Å²) in [6.45, 7) is 2.30. The van der Waals surface area contributed by atoms with Gasteiger partial charge in [-0.25, -0.2) is 0 Å². The highest BCUT2D eigenvalue weighted by atomic mass is 32.2. The van der Waals surface area contributed by atoms with Gasteiger partial charge in [-0.05, 0) is 31.2 Å². The van der Waals surface area contributed by atoms with E-state index in [4.69, 9.17) is 0 Å². The van der Waals surface area contributed by atoms with Crippen LogP contribution in [0.25, 0.3) is 0 Å². The molecule has 1 aromatic carbocycles. The molecular weight excluding hydrogens is 206 g/mol. The Balaban J connectivity index is 2.09. The summed E-state index contributed by atoms with van der Waals surface area (Å²) in [5.74, 6) is 2.14. The molecule has 0 radical (unpaired) electrons. The van der Waals surface area contributed by atoms with Crippen molar-refractivity contribution in [2.45, 2.75) is 18.9 Å². The fraction of sp³-hybridized carbons (Fsp3) is 0.500. The van der Waals surface area contributed by atoms with Gasteiger partial charge >= 0.3 is 0 Å². The minimum Gasteiger partial charge on any atom is -0.394 e. The molecule has 82 valence electrons. The molecule has 0 aromatic heterocycles. The lowest BCUT2D eigenvalue weighted by Crippen LogP contribution is -2.42. The lowest BCUT2D eigenvalue weighted by Gasteiger charge is -2.28. The molecule has 2 nitrogen and oxygen atoms in total. The molecule has 0 spiro atoms. The van der Waals surface area contributed by atoms with Crippen LogP contribution in [-0.2, 0) is 0 Å². The van der Waals surface area contributed by atoms with Gasteiger partial charge in [0, 0.05) is 11.4 Å². The summed E-state index contributed by atoms with van der Waals surface area (Å²) in [5.41, 5.74) is 2.27. The number of aliphatic hydroxyl groups is 1. The molecule has 1 heterocycles. The second-order valence-electron chi connectivity index (χ2n) is 4.23. The van der Waals surface area contributed by atoms with Crippen LogP contribution in [0.1, 0.15) is 12.0 Å². The molecule has 1 atom stereocenters. The van der Waals surface area contributed by atoms with Gasteiger partial charge in [0.05, 0.1) is 12.1 Å². The van der Waals surface area contributed by atoms with Crippen molar-refractivity contribution < 1.29 is 5.11 Å². The number of rotatable bonds is 3. The molecule has 1 aliphatic rings. The molecule has 2 N–H and O–H groups in total. The number of aryl methyl sites for hydroxylation is 1. The van der Waals surface area contributed by atoms with Crippen LogP contribution in [0, 0.1) is 6.92 Å². The highest BCUT2D eigenvalue weighted by Gasteiger charge is 2.33. The third-order valence-electron chi connectivity index (χ3n) is 2.87. The van der Waals surface area contributed by atoms with Crippen molar-refractivity contribution in [3.63, 3.8) is 0 Å². The molecule has 1 fully saturated rings. The minimum atomic E-state index is -0.0973. The van der Waals surface area contributed by atoms with Crippen molar-refractivity contribution in [1.29, 1.82) is 0 Å².